The molecule has 0 aliphatic heterocycles. The van der Waals surface area contributed by atoms with Gasteiger partial charge in [0.2, 0.25) is 0 Å². The number of benzene rings is 2. The summed E-state index contributed by atoms with van der Waals surface area (Å²) in [6, 6.07) is 8.96. The molecule has 0 fully saturated rings. The van der Waals surface area contributed by atoms with Gasteiger partial charge in [0.05, 0.1) is 18.4 Å². The third kappa shape index (κ3) is 4.61. The summed E-state index contributed by atoms with van der Waals surface area (Å²) >= 11 is 6.06. The lowest BCUT2D eigenvalue weighted by Crippen LogP contribution is -2.21. The smallest absolute Gasteiger partial charge is 0.338 e. The summed E-state index contributed by atoms with van der Waals surface area (Å²) in [4.78, 5) is 24.4. The molecule has 0 saturated heterocycles. The molecule has 1 N–H and O–H groups in total. The minimum absolute atomic E-state index is 0.374. The van der Waals surface area contributed by atoms with Crippen LogP contribution >= 0.6 is 11.6 Å². The topological polar surface area (TPSA) is 64.6 Å². The van der Waals surface area contributed by atoms with Crippen molar-refractivity contribution in [3.8, 4) is 5.75 Å². The van der Waals surface area contributed by atoms with Gasteiger partial charge < -0.3 is 14.8 Å². The molecule has 2 aromatic carbocycles. The van der Waals surface area contributed by atoms with Crippen molar-refractivity contribution in [2.45, 2.75) is 32.6 Å². The summed E-state index contributed by atoms with van der Waals surface area (Å²) in [7, 11) is 1.49. The molecule has 0 bridgehead atoms. The van der Waals surface area contributed by atoms with E-state index in [-0.39, 0.29) is 6.61 Å². The van der Waals surface area contributed by atoms with E-state index in [2.05, 4.69) is 5.32 Å². The van der Waals surface area contributed by atoms with E-state index >= 15 is 0 Å². The van der Waals surface area contributed by atoms with Crippen LogP contribution in [0.5, 0.6) is 5.75 Å². The zero-order valence-electron chi connectivity index (χ0n) is 15.4. The minimum Gasteiger partial charge on any atom is -0.495 e. The number of rotatable bonds is 5. The van der Waals surface area contributed by atoms with Crippen LogP contribution in [0.3, 0.4) is 0 Å². The molecule has 3 rings (SSSR count). The standard InChI is InChI=1S/C21H22ClNO4/c1-13-9-18(19(26-2)11-17(13)22)23-20(24)12-27-21(25)16-8-7-14-5-3-4-6-15(14)10-16/h7-11H,3-6,12H2,1-2H3,(H,23,24). The first-order chi connectivity index (χ1) is 13.0. The maximum absolute atomic E-state index is 12.3. The molecular weight excluding hydrogens is 366 g/mol. The number of nitrogens with one attached hydrogen (secondary N) is 1. The van der Waals surface area contributed by atoms with Gasteiger partial charge in [0.25, 0.3) is 5.91 Å². The van der Waals surface area contributed by atoms with Gasteiger partial charge in [0, 0.05) is 11.1 Å². The summed E-state index contributed by atoms with van der Waals surface area (Å²) in [5, 5.41) is 3.23. The van der Waals surface area contributed by atoms with E-state index in [4.69, 9.17) is 21.1 Å². The first kappa shape index (κ1) is 19.2. The monoisotopic (exact) mass is 387 g/mol. The van der Waals surface area contributed by atoms with Crippen molar-refractivity contribution in [3.05, 3.63) is 57.6 Å². The Kier molecular flexibility index (Phi) is 6.01. The zero-order chi connectivity index (χ0) is 19.4. The Bertz CT molecular complexity index is 879. The van der Waals surface area contributed by atoms with Gasteiger partial charge in [-0.1, -0.05) is 17.7 Å². The molecule has 0 saturated carbocycles. The highest BCUT2D eigenvalue weighted by Gasteiger charge is 2.16. The van der Waals surface area contributed by atoms with Crippen LogP contribution in [0.15, 0.2) is 30.3 Å². The molecule has 142 valence electrons. The summed E-state index contributed by atoms with van der Waals surface area (Å²) in [6.45, 7) is 1.45. The molecule has 0 heterocycles. The average Bonchev–Trinajstić information content (AvgIpc) is 2.68. The predicted octanol–water partition coefficient (Wildman–Crippen LogP) is 4.33. The molecule has 0 atom stereocenters. The van der Waals surface area contributed by atoms with E-state index in [1.54, 1.807) is 18.2 Å². The Balaban J connectivity index is 1.61. The largest absolute Gasteiger partial charge is 0.495 e. The highest BCUT2D eigenvalue weighted by atomic mass is 35.5. The number of hydrogen-bond acceptors (Lipinski definition) is 4. The number of ether oxygens (including phenoxy) is 2. The lowest BCUT2D eigenvalue weighted by Gasteiger charge is -2.16. The fraction of sp³-hybridized carbons (Fsp3) is 0.333. The fourth-order valence-electron chi connectivity index (χ4n) is 3.19. The number of methoxy groups -OCH3 is 1. The molecule has 0 radical (unpaired) electrons. The van der Waals surface area contributed by atoms with E-state index in [9.17, 15) is 9.59 Å². The molecule has 0 aromatic heterocycles. The second-order valence-corrected chi connectivity index (χ2v) is 7.02. The third-order valence-electron chi connectivity index (χ3n) is 4.67. The molecule has 6 heteroatoms. The number of carbonyl (C=O) groups is 2. The molecular formula is C21H22ClNO4. The van der Waals surface area contributed by atoms with Crippen molar-refractivity contribution in [1.82, 2.24) is 0 Å². The number of carbonyl (C=O) groups excluding carboxylic acids is 2. The number of halogens is 1. The number of aryl methyl sites for hydroxylation is 3. The molecule has 0 spiro atoms. The quantitative estimate of drug-likeness (QED) is 0.775. The molecule has 0 unspecified atom stereocenters. The van der Waals surface area contributed by atoms with Crippen LogP contribution in [0.25, 0.3) is 0 Å². The van der Waals surface area contributed by atoms with Crippen molar-refractivity contribution in [2.24, 2.45) is 0 Å². The minimum atomic E-state index is -0.502. The van der Waals surface area contributed by atoms with Crippen LogP contribution < -0.4 is 10.1 Å². The lowest BCUT2D eigenvalue weighted by molar-refractivity contribution is -0.119. The molecule has 1 amide bonds. The lowest BCUT2D eigenvalue weighted by atomic mass is 9.90. The van der Waals surface area contributed by atoms with E-state index in [0.717, 1.165) is 24.8 Å². The molecule has 1 aliphatic carbocycles. The summed E-state index contributed by atoms with van der Waals surface area (Å²) in [6.07, 6.45) is 4.35. The van der Waals surface area contributed by atoms with Gasteiger partial charge in [-0.15, -0.1) is 0 Å². The summed E-state index contributed by atoms with van der Waals surface area (Å²) < 4.78 is 10.4. The number of anilines is 1. The first-order valence-corrected chi connectivity index (χ1v) is 9.28. The number of hydrogen-bond donors (Lipinski definition) is 1. The Morgan fingerprint density at radius 1 is 1.11 bits per heavy atom. The molecule has 27 heavy (non-hydrogen) atoms. The van der Waals surface area contributed by atoms with Crippen LogP contribution in [0.4, 0.5) is 5.69 Å². The molecule has 2 aromatic rings. The fourth-order valence-corrected chi connectivity index (χ4v) is 3.34. The molecule has 1 aliphatic rings. The van der Waals surface area contributed by atoms with Crippen LogP contribution in [-0.2, 0) is 22.4 Å². The average molecular weight is 388 g/mol. The summed E-state index contributed by atoms with van der Waals surface area (Å²) in [5.41, 5.74) is 4.25. The van der Waals surface area contributed by atoms with E-state index in [0.29, 0.717) is 22.0 Å². The van der Waals surface area contributed by atoms with Crippen molar-refractivity contribution in [2.75, 3.05) is 19.0 Å². The van der Waals surface area contributed by atoms with Gasteiger partial charge >= 0.3 is 5.97 Å². The third-order valence-corrected chi connectivity index (χ3v) is 5.08. The van der Waals surface area contributed by atoms with Gasteiger partial charge in [0.1, 0.15) is 5.75 Å². The number of esters is 1. The van der Waals surface area contributed by atoms with Gasteiger partial charge in [-0.05, 0) is 67.5 Å². The Morgan fingerprint density at radius 2 is 1.85 bits per heavy atom. The predicted molar refractivity (Wildman–Crippen MR) is 105 cm³/mol. The van der Waals surface area contributed by atoms with E-state index in [1.165, 1.54) is 24.7 Å². The Hall–Kier alpha value is -2.53. The normalized spacial score (nSPS) is 12.9. The van der Waals surface area contributed by atoms with Crippen molar-refractivity contribution in [1.29, 1.82) is 0 Å². The first-order valence-electron chi connectivity index (χ1n) is 8.91. The van der Waals surface area contributed by atoms with Crippen LogP contribution in [0, 0.1) is 6.92 Å². The van der Waals surface area contributed by atoms with Gasteiger partial charge in [-0.2, -0.15) is 0 Å². The Morgan fingerprint density at radius 3 is 2.59 bits per heavy atom. The van der Waals surface area contributed by atoms with Crippen LogP contribution in [0.1, 0.15) is 39.9 Å². The summed E-state index contributed by atoms with van der Waals surface area (Å²) in [5.74, 6) is -0.501. The maximum atomic E-state index is 12.3. The highest BCUT2D eigenvalue weighted by molar-refractivity contribution is 6.31. The maximum Gasteiger partial charge on any atom is 0.338 e. The highest BCUT2D eigenvalue weighted by Crippen LogP contribution is 2.31. The zero-order valence-corrected chi connectivity index (χ0v) is 16.2. The number of amides is 1. The van der Waals surface area contributed by atoms with E-state index < -0.39 is 11.9 Å². The van der Waals surface area contributed by atoms with Crippen molar-refractivity contribution < 1.29 is 19.1 Å². The second kappa shape index (κ2) is 8.44. The van der Waals surface area contributed by atoms with Gasteiger partial charge in [-0.3, -0.25) is 4.79 Å². The molecule has 5 nitrogen and oxygen atoms in total. The van der Waals surface area contributed by atoms with Crippen LogP contribution in [-0.4, -0.2) is 25.6 Å². The van der Waals surface area contributed by atoms with E-state index in [1.807, 2.05) is 19.1 Å². The SMILES string of the molecule is COc1cc(Cl)c(C)cc1NC(=O)COC(=O)c1ccc2c(c1)CCCC2. The van der Waals surface area contributed by atoms with Gasteiger partial charge in [0.15, 0.2) is 6.61 Å². The second-order valence-electron chi connectivity index (χ2n) is 6.62. The van der Waals surface area contributed by atoms with Crippen molar-refractivity contribution >= 4 is 29.2 Å². The van der Waals surface area contributed by atoms with Crippen molar-refractivity contribution in [3.63, 3.8) is 0 Å². The number of fused-ring (bicyclic) bond motifs is 1. The van der Waals surface area contributed by atoms with Crippen LogP contribution in [0.2, 0.25) is 5.02 Å². The Labute approximate surface area is 163 Å². The van der Waals surface area contributed by atoms with Gasteiger partial charge in [-0.25, -0.2) is 4.79 Å².